The van der Waals surface area contributed by atoms with Crippen molar-refractivity contribution in [1.29, 1.82) is 0 Å². The number of ketones is 2. The zero-order valence-electron chi connectivity index (χ0n) is 4.80. The van der Waals surface area contributed by atoms with E-state index in [0.717, 1.165) is 0 Å². The summed E-state index contributed by atoms with van der Waals surface area (Å²) in [6, 6.07) is 0. The Morgan fingerprint density at radius 3 is 1.38 bits per heavy atom. The van der Waals surface area contributed by atoms with E-state index < -0.39 is 0 Å². The molecule has 0 aromatic heterocycles. The van der Waals surface area contributed by atoms with Crippen LogP contribution in [0.25, 0.3) is 0 Å². The fourth-order valence-corrected chi connectivity index (χ4v) is 0.351. The van der Waals surface area contributed by atoms with Crippen molar-refractivity contribution in [2.45, 2.75) is 20.3 Å². The van der Waals surface area contributed by atoms with Crippen LogP contribution >= 0.6 is 0 Å². The van der Waals surface area contributed by atoms with E-state index in [0.29, 0.717) is 0 Å². The quantitative estimate of drug-likeness (QED) is 0.686. The van der Waals surface area contributed by atoms with Gasteiger partial charge in [0, 0.05) is 36.9 Å². The fourth-order valence-electron chi connectivity index (χ4n) is 0.351. The molecule has 1 radical (unpaired) electrons. The van der Waals surface area contributed by atoms with E-state index in [1.165, 1.54) is 13.8 Å². The maximum Gasteiger partial charge on any atom is 0.137 e. The van der Waals surface area contributed by atoms with Crippen LogP contribution < -0.4 is 0 Å². The number of hydrogen-bond acceptors (Lipinski definition) is 2. The Labute approximate surface area is 77.8 Å². The topological polar surface area (TPSA) is 34.1 Å². The van der Waals surface area contributed by atoms with Crippen molar-refractivity contribution in [3.05, 3.63) is 0 Å². The number of carbonyl (C=O) groups is 2. The van der Waals surface area contributed by atoms with Gasteiger partial charge in [0.1, 0.15) is 11.6 Å². The van der Waals surface area contributed by atoms with E-state index in [4.69, 9.17) is 0 Å². The Hall–Kier alpha value is 0.574. The van der Waals surface area contributed by atoms with Crippen LogP contribution in [0.4, 0.5) is 0 Å². The van der Waals surface area contributed by atoms with Crippen LogP contribution in [0.5, 0.6) is 0 Å². The van der Waals surface area contributed by atoms with E-state index in [9.17, 15) is 9.59 Å². The second kappa shape index (κ2) is 5.71. The van der Waals surface area contributed by atoms with Crippen molar-refractivity contribution < 1.29 is 46.5 Å². The first-order chi connectivity index (χ1) is 3.13. The first-order valence-corrected chi connectivity index (χ1v) is 2.12. The van der Waals surface area contributed by atoms with E-state index in [1.54, 1.807) is 0 Å². The standard InChI is InChI=1S/C5H8O2.Tm/c1-4(6)3-5(2)7;/h3H2,1-2H3;. The molecule has 0 aliphatic carbocycles. The molecule has 0 aliphatic rings. The average Bonchev–Trinajstić information content (AvgIpc) is 1.27. The van der Waals surface area contributed by atoms with Crippen LogP contribution in [0, 0.1) is 36.9 Å². The van der Waals surface area contributed by atoms with Crippen molar-refractivity contribution in [1.82, 2.24) is 0 Å². The molecular weight excluding hydrogens is 261 g/mol. The van der Waals surface area contributed by atoms with E-state index in [-0.39, 0.29) is 54.9 Å². The smallest absolute Gasteiger partial charge is 0.137 e. The summed E-state index contributed by atoms with van der Waals surface area (Å²) in [6.07, 6.45) is 0.0833. The Morgan fingerprint density at radius 2 is 1.38 bits per heavy atom. The van der Waals surface area contributed by atoms with Gasteiger partial charge in [-0.25, -0.2) is 0 Å². The van der Waals surface area contributed by atoms with Crippen molar-refractivity contribution in [3.8, 4) is 0 Å². The summed E-state index contributed by atoms with van der Waals surface area (Å²) >= 11 is 0. The van der Waals surface area contributed by atoms with Crippen molar-refractivity contribution in [2.24, 2.45) is 0 Å². The van der Waals surface area contributed by atoms with Crippen LogP contribution in [0.3, 0.4) is 0 Å². The molecule has 0 saturated heterocycles. The molecule has 0 saturated carbocycles. The van der Waals surface area contributed by atoms with Gasteiger partial charge in [-0.15, -0.1) is 0 Å². The minimum absolute atomic E-state index is 0. The van der Waals surface area contributed by atoms with Gasteiger partial charge >= 0.3 is 0 Å². The fraction of sp³-hybridized carbons (Fsp3) is 0.600. The third-order valence-corrected chi connectivity index (χ3v) is 0.498. The molecule has 3 heteroatoms. The number of rotatable bonds is 2. The van der Waals surface area contributed by atoms with Crippen LogP contribution in [0.1, 0.15) is 20.3 Å². The predicted octanol–water partition coefficient (Wildman–Crippen LogP) is 0.554. The van der Waals surface area contributed by atoms with E-state index in [2.05, 4.69) is 0 Å². The Bertz CT molecular complexity index is 86.6. The molecule has 0 heterocycles. The maximum absolute atomic E-state index is 10.0. The van der Waals surface area contributed by atoms with Gasteiger partial charge in [-0.1, -0.05) is 0 Å². The summed E-state index contributed by atoms with van der Waals surface area (Å²) in [7, 11) is 0. The molecule has 0 aromatic rings. The summed E-state index contributed by atoms with van der Waals surface area (Å²) in [5.74, 6) is -0.125. The van der Waals surface area contributed by atoms with Crippen molar-refractivity contribution in [2.75, 3.05) is 0 Å². The van der Waals surface area contributed by atoms with Crippen molar-refractivity contribution >= 4 is 11.6 Å². The molecule has 53 valence electrons. The second-order valence-electron chi connectivity index (χ2n) is 1.58. The van der Waals surface area contributed by atoms with E-state index >= 15 is 0 Å². The molecule has 0 aromatic carbocycles. The molecular formula is C5H8O2Tm. The largest absolute Gasteiger partial charge is 0.300 e. The average molecular weight is 269 g/mol. The molecule has 0 rings (SSSR count). The number of Topliss-reactive ketones (excluding diaryl/α,β-unsaturated/α-hetero) is 2. The molecule has 0 unspecified atom stereocenters. The molecule has 8 heavy (non-hydrogen) atoms. The zero-order chi connectivity index (χ0) is 5.86. The summed E-state index contributed by atoms with van der Waals surface area (Å²) < 4.78 is 0. The molecule has 0 N–H and O–H groups in total. The first-order valence-electron chi connectivity index (χ1n) is 2.12. The predicted molar refractivity (Wildman–Crippen MR) is 26.0 cm³/mol. The molecule has 0 spiro atoms. The van der Waals surface area contributed by atoms with Crippen LogP contribution in [-0.4, -0.2) is 11.6 Å². The summed E-state index contributed by atoms with van der Waals surface area (Å²) in [5.41, 5.74) is 0. The minimum atomic E-state index is -0.0625. The first kappa shape index (κ1) is 11.4. The van der Waals surface area contributed by atoms with Gasteiger partial charge < -0.3 is 0 Å². The molecule has 2 nitrogen and oxygen atoms in total. The second-order valence-corrected chi connectivity index (χ2v) is 1.58. The third-order valence-electron chi connectivity index (χ3n) is 0.498. The van der Waals surface area contributed by atoms with Gasteiger partial charge in [-0.3, -0.25) is 9.59 Å². The minimum Gasteiger partial charge on any atom is -0.300 e. The third kappa shape index (κ3) is 9.76. The summed E-state index contributed by atoms with van der Waals surface area (Å²) in [4.78, 5) is 20.1. The summed E-state index contributed by atoms with van der Waals surface area (Å²) in [6.45, 7) is 2.81. The van der Waals surface area contributed by atoms with Crippen LogP contribution in [-0.2, 0) is 9.59 Å². The zero-order valence-corrected chi connectivity index (χ0v) is 6.58. The Morgan fingerprint density at radius 1 is 1.12 bits per heavy atom. The van der Waals surface area contributed by atoms with Gasteiger partial charge in [-0.2, -0.15) is 0 Å². The molecule has 0 atom stereocenters. The Kier molecular flexibility index (Phi) is 8.12. The van der Waals surface area contributed by atoms with E-state index in [1.807, 2.05) is 0 Å². The van der Waals surface area contributed by atoms with Gasteiger partial charge in [0.15, 0.2) is 0 Å². The Balaban J connectivity index is 0. The monoisotopic (exact) mass is 269 g/mol. The van der Waals surface area contributed by atoms with Crippen molar-refractivity contribution in [3.63, 3.8) is 0 Å². The van der Waals surface area contributed by atoms with Crippen LogP contribution in [0.15, 0.2) is 0 Å². The van der Waals surface area contributed by atoms with Gasteiger partial charge in [0.2, 0.25) is 0 Å². The molecule has 0 fully saturated rings. The van der Waals surface area contributed by atoms with Gasteiger partial charge in [-0.05, 0) is 13.8 Å². The number of hydrogen-bond donors (Lipinski definition) is 0. The normalized spacial score (nSPS) is 7.25. The molecule has 0 amide bonds. The summed E-state index contributed by atoms with van der Waals surface area (Å²) in [5, 5.41) is 0. The SMILES string of the molecule is CC(=O)CC(C)=O.[Tm]. The van der Waals surface area contributed by atoms with Crippen LogP contribution in [0.2, 0.25) is 0 Å². The maximum atomic E-state index is 10.0. The van der Waals surface area contributed by atoms with Gasteiger partial charge in [0.25, 0.3) is 0 Å². The molecule has 0 bridgehead atoms. The number of carbonyl (C=O) groups excluding carboxylic acids is 2. The van der Waals surface area contributed by atoms with Gasteiger partial charge in [0.05, 0.1) is 6.42 Å². The molecule has 0 aliphatic heterocycles.